The Labute approximate surface area is 127 Å². The van der Waals surface area contributed by atoms with E-state index < -0.39 is 0 Å². The number of benzene rings is 2. The van der Waals surface area contributed by atoms with Gasteiger partial charge < -0.3 is 5.32 Å². The van der Waals surface area contributed by atoms with E-state index in [4.69, 9.17) is 11.6 Å². The molecule has 0 fully saturated rings. The van der Waals surface area contributed by atoms with E-state index in [1.807, 2.05) is 54.6 Å². The molecular formula is C17H13ClN2O. The highest BCUT2D eigenvalue weighted by Crippen LogP contribution is 2.30. The minimum Gasteiger partial charge on any atom is -0.324 e. The van der Waals surface area contributed by atoms with Crippen molar-refractivity contribution in [2.45, 2.75) is 6.92 Å². The van der Waals surface area contributed by atoms with Crippen LogP contribution in [-0.2, 0) is 4.79 Å². The molecule has 2 aromatic carbocycles. The minimum absolute atomic E-state index is 0.123. The molecule has 21 heavy (non-hydrogen) atoms. The Balaban J connectivity index is 2.22. The van der Waals surface area contributed by atoms with Crippen LogP contribution in [0.15, 0.2) is 54.6 Å². The predicted molar refractivity (Wildman–Crippen MR) is 86.5 cm³/mol. The van der Waals surface area contributed by atoms with Gasteiger partial charge >= 0.3 is 0 Å². The van der Waals surface area contributed by atoms with E-state index in [1.54, 1.807) is 0 Å². The Hall–Kier alpha value is -2.39. The summed E-state index contributed by atoms with van der Waals surface area (Å²) >= 11 is 5.93. The normalized spacial score (nSPS) is 10.6. The zero-order chi connectivity index (χ0) is 14.8. The summed E-state index contributed by atoms with van der Waals surface area (Å²) in [6, 6.07) is 17.2. The van der Waals surface area contributed by atoms with Crippen LogP contribution in [0.5, 0.6) is 0 Å². The van der Waals surface area contributed by atoms with Crippen molar-refractivity contribution in [3.63, 3.8) is 0 Å². The molecule has 0 radical (unpaired) electrons. The number of amides is 1. The molecule has 1 heterocycles. The highest BCUT2D eigenvalue weighted by atomic mass is 35.5. The fraction of sp³-hybridized carbons (Fsp3) is 0.0588. The molecule has 0 saturated carbocycles. The molecule has 1 aromatic heterocycles. The quantitative estimate of drug-likeness (QED) is 0.756. The van der Waals surface area contributed by atoms with Gasteiger partial charge in [-0.25, -0.2) is 4.98 Å². The van der Waals surface area contributed by atoms with Crippen LogP contribution in [0.25, 0.3) is 22.2 Å². The number of hydrogen-bond acceptors (Lipinski definition) is 2. The Bertz CT molecular complexity index is 813. The molecule has 0 saturated heterocycles. The van der Waals surface area contributed by atoms with Crippen molar-refractivity contribution in [1.29, 1.82) is 0 Å². The zero-order valence-electron chi connectivity index (χ0n) is 11.4. The summed E-state index contributed by atoms with van der Waals surface area (Å²) in [4.78, 5) is 16.1. The lowest BCUT2D eigenvalue weighted by Crippen LogP contribution is -2.08. The molecule has 1 amide bonds. The van der Waals surface area contributed by atoms with Crippen molar-refractivity contribution < 1.29 is 4.79 Å². The summed E-state index contributed by atoms with van der Waals surface area (Å²) in [5, 5.41) is 4.50. The van der Waals surface area contributed by atoms with Crippen molar-refractivity contribution in [3.8, 4) is 11.3 Å². The standard InChI is InChI=1S/C17H13ClN2O/c1-11(21)19-16-10-13-4-2-3-5-15(13)20-17(16)12-6-8-14(18)9-7-12/h2-10H,1H3,(H,19,21). The number of aromatic nitrogens is 1. The second kappa shape index (κ2) is 5.54. The first-order chi connectivity index (χ1) is 10.1. The monoisotopic (exact) mass is 296 g/mol. The number of carbonyl (C=O) groups excluding carboxylic acids is 1. The third-order valence-corrected chi connectivity index (χ3v) is 3.40. The Kier molecular flexibility index (Phi) is 3.59. The van der Waals surface area contributed by atoms with Gasteiger partial charge in [-0.15, -0.1) is 0 Å². The van der Waals surface area contributed by atoms with Gasteiger partial charge in [-0.05, 0) is 24.3 Å². The molecule has 1 N–H and O–H groups in total. The number of rotatable bonds is 2. The number of halogens is 1. The molecule has 104 valence electrons. The van der Waals surface area contributed by atoms with E-state index in [9.17, 15) is 4.79 Å². The molecule has 0 unspecified atom stereocenters. The third kappa shape index (κ3) is 2.88. The number of nitrogens with one attached hydrogen (secondary N) is 1. The number of nitrogens with zero attached hydrogens (tertiary/aromatic N) is 1. The van der Waals surface area contributed by atoms with Crippen LogP contribution in [-0.4, -0.2) is 10.9 Å². The van der Waals surface area contributed by atoms with Gasteiger partial charge in [0.15, 0.2) is 0 Å². The smallest absolute Gasteiger partial charge is 0.221 e. The second-order valence-corrected chi connectivity index (χ2v) is 5.20. The predicted octanol–water partition coefficient (Wildman–Crippen LogP) is 4.51. The maximum absolute atomic E-state index is 11.4. The number of carbonyl (C=O) groups is 1. The van der Waals surface area contributed by atoms with Crippen LogP contribution in [0.4, 0.5) is 5.69 Å². The van der Waals surface area contributed by atoms with Crippen LogP contribution >= 0.6 is 11.6 Å². The van der Waals surface area contributed by atoms with Crippen molar-refractivity contribution in [2.24, 2.45) is 0 Å². The molecule has 0 aliphatic carbocycles. The van der Waals surface area contributed by atoms with Gasteiger partial charge in [0.2, 0.25) is 5.91 Å². The van der Waals surface area contributed by atoms with E-state index in [0.717, 1.165) is 22.2 Å². The molecule has 4 heteroatoms. The van der Waals surface area contributed by atoms with E-state index in [1.165, 1.54) is 6.92 Å². The van der Waals surface area contributed by atoms with Gasteiger partial charge in [-0.1, -0.05) is 41.9 Å². The van der Waals surface area contributed by atoms with Gasteiger partial charge in [-0.3, -0.25) is 4.79 Å². The van der Waals surface area contributed by atoms with Crippen molar-refractivity contribution in [3.05, 3.63) is 59.6 Å². The van der Waals surface area contributed by atoms with E-state index in [-0.39, 0.29) is 5.91 Å². The van der Waals surface area contributed by atoms with Gasteiger partial charge in [-0.2, -0.15) is 0 Å². The van der Waals surface area contributed by atoms with Crippen LogP contribution in [0, 0.1) is 0 Å². The molecule has 0 bridgehead atoms. The summed E-state index contributed by atoms with van der Waals surface area (Å²) in [6.45, 7) is 1.49. The van der Waals surface area contributed by atoms with Gasteiger partial charge in [0.1, 0.15) is 0 Å². The lowest BCUT2D eigenvalue weighted by atomic mass is 10.1. The molecule has 0 aliphatic rings. The number of hydrogen-bond donors (Lipinski definition) is 1. The lowest BCUT2D eigenvalue weighted by molar-refractivity contribution is -0.114. The van der Waals surface area contributed by atoms with E-state index >= 15 is 0 Å². The average Bonchev–Trinajstić information content (AvgIpc) is 2.47. The zero-order valence-corrected chi connectivity index (χ0v) is 12.2. The number of anilines is 1. The average molecular weight is 297 g/mol. The highest BCUT2D eigenvalue weighted by Gasteiger charge is 2.10. The van der Waals surface area contributed by atoms with Crippen molar-refractivity contribution in [1.82, 2.24) is 4.98 Å². The first-order valence-electron chi connectivity index (χ1n) is 6.57. The summed E-state index contributed by atoms with van der Waals surface area (Å²) in [5.41, 5.74) is 3.23. The van der Waals surface area contributed by atoms with Gasteiger partial charge in [0, 0.05) is 22.9 Å². The summed E-state index contributed by atoms with van der Waals surface area (Å²) in [5.74, 6) is -0.123. The largest absolute Gasteiger partial charge is 0.324 e. The second-order valence-electron chi connectivity index (χ2n) is 4.77. The topological polar surface area (TPSA) is 42.0 Å². The summed E-state index contributed by atoms with van der Waals surface area (Å²) in [6.07, 6.45) is 0. The Morgan fingerprint density at radius 2 is 1.81 bits per heavy atom. The van der Waals surface area contributed by atoms with Crippen LogP contribution < -0.4 is 5.32 Å². The first-order valence-corrected chi connectivity index (χ1v) is 6.94. The fourth-order valence-corrected chi connectivity index (χ4v) is 2.35. The highest BCUT2D eigenvalue weighted by molar-refractivity contribution is 6.30. The molecule has 3 nitrogen and oxygen atoms in total. The lowest BCUT2D eigenvalue weighted by Gasteiger charge is -2.11. The molecule has 0 aliphatic heterocycles. The molecular weight excluding hydrogens is 284 g/mol. The maximum atomic E-state index is 11.4. The minimum atomic E-state index is -0.123. The van der Waals surface area contributed by atoms with Crippen molar-refractivity contribution >= 4 is 34.1 Å². The SMILES string of the molecule is CC(=O)Nc1cc2ccccc2nc1-c1ccc(Cl)cc1. The van der Waals surface area contributed by atoms with Crippen LogP contribution in [0.1, 0.15) is 6.92 Å². The fourth-order valence-electron chi connectivity index (χ4n) is 2.23. The molecule has 3 aromatic rings. The third-order valence-electron chi connectivity index (χ3n) is 3.15. The molecule has 3 rings (SSSR count). The maximum Gasteiger partial charge on any atom is 0.221 e. The first kappa shape index (κ1) is 13.6. The van der Waals surface area contributed by atoms with Gasteiger partial charge in [0.05, 0.1) is 16.9 Å². The number of pyridine rings is 1. The molecule has 0 atom stereocenters. The number of fused-ring (bicyclic) bond motifs is 1. The molecule has 0 spiro atoms. The van der Waals surface area contributed by atoms with Crippen molar-refractivity contribution in [2.75, 3.05) is 5.32 Å². The van der Waals surface area contributed by atoms with Crippen LogP contribution in [0.2, 0.25) is 5.02 Å². The Morgan fingerprint density at radius 1 is 1.10 bits per heavy atom. The Morgan fingerprint density at radius 3 is 2.52 bits per heavy atom. The van der Waals surface area contributed by atoms with E-state index in [2.05, 4.69) is 10.3 Å². The number of para-hydroxylation sites is 1. The summed E-state index contributed by atoms with van der Waals surface area (Å²) in [7, 11) is 0. The van der Waals surface area contributed by atoms with E-state index in [0.29, 0.717) is 10.7 Å². The van der Waals surface area contributed by atoms with Gasteiger partial charge in [0.25, 0.3) is 0 Å². The van der Waals surface area contributed by atoms with Crippen LogP contribution in [0.3, 0.4) is 0 Å². The summed E-state index contributed by atoms with van der Waals surface area (Å²) < 4.78 is 0.